The molecule has 0 aromatic heterocycles. The minimum atomic E-state index is -4.20. The molecule has 2 rings (SSSR count). The van der Waals surface area contributed by atoms with E-state index in [-0.39, 0.29) is 46.4 Å². The van der Waals surface area contributed by atoms with Crippen molar-refractivity contribution in [3.05, 3.63) is 29.3 Å². The lowest BCUT2D eigenvalue weighted by Crippen LogP contribution is -2.43. The lowest BCUT2D eigenvalue weighted by atomic mass is 10.1. The van der Waals surface area contributed by atoms with E-state index < -0.39 is 37.8 Å². The highest BCUT2D eigenvalue weighted by Crippen LogP contribution is 2.28. The fraction of sp³-hybridized carbons (Fsp3) is 0.556. The van der Waals surface area contributed by atoms with Crippen LogP contribution >= 0.6 is 0 Å². The van der Waals surface area contributed by atoms with Gasteiger partial charge in [-0.2, -0.15) is 4.31 Å². The number of methoxy groups -OCH3 is 2. The third-order valence-corrected chi connectivity index (χ3v) is 8.16. The molecule has 1 aliphatic heterocycles. The van der Waals surface area contributed by atoms with Gasteiger partial charge in [-0.25, -0.2) is 26.4 Å². The van der Waals surface area contributed by atoms with E-state index in [1.54, 1.807) is 0 Å². The molecule has 0 radical (unpaired) electrons. The molecule has 0 saturated carbocycles. The first-order valence-corrected chi connectivity index (χ1v) is 12.2. The topological polar surface area (TPSA) is 124 Å². The van der Waals surface area contributed by atoms with E-state index in [2.05, 4.69) is 9.47 Å². The molecule has 11 heteroatoms. The van der Waals surface area contributed by atoms with Crippen LogP contribution in [-0.4, -0.2) is 71.4 Å². The van der Waals surface area contributed by atoms with Gasteiger partial charge in [-0.05, 0) is 30.5 Å². The minimum absolute atomic E-state index is 0.0723. The fourth-order valence-corrected chi connectivity index (χ4v) is 6.88. The maximum absolute atomic E-state index is 13.4. The molecule has 0 amide bonds. The number of carbonyl (C=O) groups excluding carboxylic acids is 2. The Kier molecular flexibility index (Phi) is 7.07. The van der Waals surface area contributed by atoms with Crippen LogP contribution in [0.4, 0.5) is 0 Å². The smallest absolute Gasteiger partial charge is 0.337 e. The predicted octanol–water partition coefficient (Wildman–Crippen LogP) is 1.09. The van der Waals surface area contributed by atoms with E-state index in [1.807, 2.05) is 13.8 Å². The summed E-state index contributed by atoms with van der Waals surface area (Å²) in [5, 5.41) is 0. The van der Waals surface area contributed by atoms with Crippen LogP contribution in [0, 0.1) is 5.92 Å². The Labute approximate surface area is 171 Å². The van der Waals surface area contributed by atoms with Crippen LogP contribution in [0.3, 0.4) is 0 Å². The van der Waals surface area contributed by atoms with Gasteiger partial charge in [0.1, 0.15) is 0 Å². The second-order valence-corrected chi connectivity index (χ2v) is 11.4. The average Bonchev–Trinajstić information content (AvgIpc) is 3.03. The second-order valence-electron chi connectivity index (χ2n) is 7.25. The van der Waals surface area contributed by atoms with Crippen molar-refractivity contribution in [3.8, 4) is 0 Å². The zero-order valence-electron chi connectivity index (χ0n) is 16.7. The first-order chi connectivity index (χ1) is 13.4. The van der Waals surface area contributed by atoms with Crippen molar-refractivity contribution in [2.24, 2.45) is 5.92 Å². The molecule has 29 heavy (non-hydrogen) atoms. The zero-order valence-corrected chi connectivity index (χ0v) is 18.4. The van der Waals surface area contributed by atoms with E-state index in [0.717, 1.165) is 30.7 Å². The van der Waals surface area contributed by atoms with E-state index in [9.17, 15) is 26.4 Å². The van der Waals surface area contributed by atoms with Crippen molar-refractivity contribution < 1.29 is 35.9 Å². The lowest BCUT2D eigenvalue weighted by molar-refractivity contribution is 0.0598. The summed E-state index contributed by atoms with van der Waals surface area (Å²) in [6, 6.07) is 2.70. The number of hydrogen-bond donors (Lipinski definition) is 0. The van der Waals surface area contributed by atoms with E-state index in [0.29, 0.717) is 0 Å². The van der Waals surface area contributed by atoms with Crippen LogP contribution < -0.4 is 0 Å². The maximum atomic E-state index is 13.4. The number of hydrogen-bond acceptors (Lipinski definition) is 8. The number of benzene rings is 1. The van der Waals surface area contributed by atoms with Crippen molar-refractivity contribution in [1.82, 2.24) is 4.31 Å². The third kappa shape index (κ3) is 5.34. The number of nitrogens with zero attached hydrogens (tertiary/aromatic N) is 1. The lowest BCUT2D eigenvalue weighted by Gasteiger charge is -2.29. The maximum Gasteiger partial charge on any atom is 0.337 e. The van der Waals surface area contributed by atoms with Gasteiger partial charge in [-0.15, -0.1) is 0 Å². The molecule has 1 fully saturated rings. The van der Waals surface area contributed by atoms with Crippen LogP contribution in [0.25, 0.3) is 0 Å². The van der Waals surface area contributed by atoms with Gasteiger partial charge >= 0.3 is 11.9 Å². The van der Waals surface area contributed by atoms with Gasteiger partial charge in [-0.1, -0.05) is 13.8 Å². The number of esters is 2. The number of ether oxygens (including phenoxy) is 2. The second kappa shape index (κ2) is 8.80. The van der Waals surface area contributed by atoms with Gasteiger partial charge in [0.25, 0.3) is 0 Å². The van der Waals surface area contributed by atoms with E-state index >= 15 is 0 Å². The van der Waals surface area contributed by atoms with Crippen molar-refractivity contribution in [2.75, 3.05) is 32.3 Å². The highest BCUT2D eigenvalue weighted by molar-refractivity contribution is 7.92. The van der Waals surface area contributed by atoms with Gasteiger partial charge < -0.3 is 9.47 Å². The van der Waals surface area contributed by atoms with E-state index in [1.165, 1.54) is 6.07 Å². The number of sulfone groups is 1. The zero-order chi connectivity index (χ0) is 22.0. The Bertz CT molecular complexity index is 964. The molecule has 1 atom stereocenters. The summed E-state index contributed by atoms with van der Waals surface area (Å²) in [6.45, 7) is 3.73. The summed E-state index contributed by atoms with van der Waals surface area (Å²) < 4.78 is 61.1. The summed E-state index contributed by atoms with van der Waals surface area (Å²) in [5.74, 6) is -2.05. The monoisotopic (exact) mass is 447 g/mol. The number of carbonyl (C=O) groups is 2. The molecule has 0 N–H and O–H groups in total. The van der Waals surface area contributed by atoms with Crippen molar-refractivity contribution in [3.63, 3.8) is 0 Å². The van der Waals surface area contributed by atoms with Crippen molar-refractivity contribution in [1.29, 1.82) is 0 Å². The molecule has 1 aromatic carbocycles. The number of rotatable bonds is 7. The Balaban J connectivity index is 2.60. The summed E-state index contributed by atoms with van der Waals surface area (Å²) in [5.41, 5.74) is -0.255. The third-order valence-electron chi connectivity index (χ3n) is 4.52. The molecular formula is C18H25NO8S2. The first kappa shape index (κ1) is 23.3. The van der Waals surface area contributed by atoms with Gasteiger partial charge in [-0.3, -0.25) is 0 Å². The Morgan fingerprint density at radius 3 is 2.00 bits per heavy atom. The summed E-state index contributed by atoms with van der Waals surface area (Å²) in [7, 11) is -5.26. The molecular weight excluding hydrogens is 422 g/mol. The van der Waals surface area contributed by atoms with Crippen LogP contribution in [-0.2, 0) is 29.3 Å². The molecule has 0 spiro atoms. The fourth-order valence-electron chi connectivity index (χ4n) is 3.16. The Hall–Kier alpha value is -1.98. The molecule has 1 aromatic rings. The molecule has 162 valence electrons. The molecule has 0 bridgehead atoms. The van der Waals surface area contributed by atoms with Crippen molar-refractivity contribution >= 4 is 31.8 Å². The normalized spacial score (nSPS) is 18.8. The van der Waals surface area contributed by atoms with Crippen LogP contribution in [0.2, 0.25) is 0 Å². The largest absolute Gasteiger partial charge is 0.465 e. The minimum Gasteiger partial charge on any atom is -0.465 e. The standard InChI is InChI=1S/C18H25NO8S2/c1-12(2)10-19(15-5-6-28(22,23)11-15)29(24,25)16-8-13(17(20)26-3)7-14(9-16)18(21)27-4/h7-9,12,15H,5-6,10-11H2,1-4H3. The SMILES string of the molecule is COC(=O)c1cc(C(=O)OC)cc(S(=O)(=O)N(CC(C)C)C2CCS(=O)(=O)C2)c1. The summed E-state index contributed by atoms with van der Waals surface area (Å²) >= 11 is 0. The van der Waals surface area contributed by atoms with Crippen LogP contribution in [0.15, 0.2) is 23.1 Å². The Morgan fingerprint density at radius 2 is 1.62 bits per heavy atom. The Morgan fingerprint density at radius 1 is 1.10 bits per heavy atom. The van der Waals surface area contributed by atoms with Crippen LogP contribution in [0.5, 0.6) is 0 Å². The first-order valence-electron chi connectivity index (χ1n) is 8.95. The van der Waals surface area contributed by atoms with Gasteiger partial charge in [0.15, 0.2) is 9.84 Å². The number of sulfonamides is 1. The molecule has 0 aliphatic carbocycles. The van der Waals surface area contributed by atoms with Gasteiger partial charge in [0.2, 0.25) is 10.0 Å². The van der Waals surface area contributed by atoms with Gasteiger partial charge in [0.05, 0.1) is 41.7 Å². The van der Waals surface area contributed by atoms with E-state index in [4.69, 9.17) is 0 Å². The summed E-state index contributed by atoms with van der Waals surface area (Å²) in [6.07, 6.45) is 0.189. The molecule has 1 unspecified atom stereocenters. The molecule has 9 nitrogen and oxygen atoms in total. The van der Waals surface area contributed by atoms with Crippen molar-refractivity contribution in [2.45, 2.75) is 31.2 Å². The quantitative estimate of drug-likeness (QED) is 0.569. The average molecular weight is 448 g/mol. The highest BCUT2D eigenvalue weighted by atomic mass is 32.2. The van der Waals surface area contributed by atoms with Crippen LogP contribution in [0.1, 0.15) is 41.0 Å². The highest BCUT2D eigenvalue weighted by Gasteiger charge is 2.39. The van der Waals surface area contributed by atoms with Gasteiger partial charge in [0, 0.05) is 12.6 Å². The molecule has 1 saturated heterocycles. The molecule has 1 heterocycles. The predicted molar refractivity (Wildman–Crippen MR) is 105 cm³/mol. The molecule has 1 aliphatic rings. The summed E-state index contributed by atoms with van der Waals surface area (Å²) in [4.78, 5) is 23.7.